The van der Waals surface area contributed by atoms with E-state index in [1.807, 2.05) is 18.2 Å². The molecule has 0 saturated carbocycles. The molecule has 1 heterocycles. The molecule has 0 aliphatic carbocycles. The number of carbonyl (C=O) groups excluding carboxylic acids is 1. The molecule has 14 heavy (non-hydrogen) atoms. The van der Waals surface area contributed by atoms with Crippen LogP contribution in [0, 0.1) is 0 Å². The highest BCUT2D eigenvalue weighted by molar-refractivity contribution is 5.72. The Morgan fingerprint density at radius 1 is 1.50 bits per heavy atom. The van der Waals surface area contributed by atoms with Gasteiger partial charge in [-0.05, 0) is 23.3 Å². The number of nitrogens with zero attached hydrogens (tertiary/aromatic N) is 1. The number of hydroxylamine groups is 2. The highest BCUT2D eigenvalue weighted by atomic mass is 16.7. The quantitative estimate of drug-likeness (QED) is 0.625. The van der Waals surface area contributed by atoms with Gasteiger partial charge in [-0.3, -0.25) is 9.63 Å². The molecule has 0 unspecified atom stereocenters. The summed E-state index contributed by atoms with van der Waals surface area (Å²) >= 11 is 0. The summed E-state index contributed by atoms with van der Waals surface area (Å²) in [5, 5.41) is 1.36. The van der Waals surface area contributed by atoms with E-state index < -0.39 is 0 Å². The first-order valence-corrected chi connectivity index (χ1v) is 4.45. The van der Waals surface area contributed by atoms with Gasteiger partial charge in [-0.1, -0.05) is 6.07 Å². The largest absolute Gasteiger partial charge is 0.399 e. The number of nitrogen functional groups attached to an aromatic ring is 1. The molecule has 1 amide bonds. The highest BCUT2D eigenvalue weighted by Crippen LogP contribution is 2.21. The topological polar surface area (TPSA) is 55.6 Å². The summed E-state index contributed by atoms with van der Waals surface area (Å²) < 4.78 is 0. The molecule has 4 nitrogen and oxygen atoms in total. The van der Waals surface area contributed by atoms with Crippen molar-refractivity contribution in [3.05, 3.63) is 29.3 Å². The van der Waals surface area contributed by atoms with Gasteiger partial charge in [0, 0.05) is 12.6 Å². The molecule has 1 aromatic carbocycles. The zero-order chi connectivity index (χ0) is 10.1. The summed E-state index contributed by atoms with van der Waals surface area (Å²) in [6.07, 6.45) is 0. The van der Waals surface area contributed by atoms with Gasteiger partial charge in [0.15, 0.2) is 0 Å². The molecule has 0 aromatic heterocycles. The van der Waals surface area contributed by atoms with Gasteiger partial charge in [-0.25, -0.2) is 5.06 Å². The van der Waals surface area contributed by atoms with Gasteiger partial charge in [-0.15, -0.1) is 0 Å². The van der Waals surface area contributed by atoms with Crippen LogP contribution in [0.2, 0.25) is 0 Å². The SMILES string of the molecule is CC(=O)N1Cc2ccc(N)cc2CO1. The maximum Gasteiger partial charge on any atom is 0.243 e. The van der Waals surface area contributed by atoms with Crippen LogP contribution in [-0.4, -0.2) is 11.0 Å². The van der Waals surface area contributed by atoms with Crippen molar-refractivity contribution in [3.63, 3.8) is 0 Å². The van der Waals surface area contributed by atoms with Crippen molar-refractivity contribution in [2.45, 2.75) is 20.1 Å². The minimum atomic E-state index is -0.0764. The van der Waals surface area contributed by atoms with Gasteiger partial charge in [0.25, 0.3) is 0 Å². The van der Waals surface area contributed by atoms with E-state index >= 15 is 0 Å². The number of hydrogen-bond donors (Lipinski definition) is 1. The molecule has 2 N–H and O–H groups in total. The number of benzene rings is 1. The second-order valence-corrected chi connectivity index (χ2v) is 3.36. The van der Waals surface area contributed by atoms with E-state index in [0.717, 1.165) is 16.8 Å². The molecular weight excluding hydrogens is 180 g/mol. The number of nitrogens with two attached hydrogens (primary N) is 1. The predicted molar refractivity (Wildman–Crippen MR) is 51.9 cm³/mol. The van der Waals surface area contributed by atoms with Crippen molar-refractivity contribution in [3.8, 4) is 0 Å². The van der Waals surface area contributed by atoms with E-state index in [1.54, 1.807) is 0 Å². The van der Waals surface area contributed by atoms with Gasteiger partial charge in [0.1, 0.15) is 6.61 Å². The van der Waals surface area contributed by atoms with Crippen molar-refractivity contribution in [1.82, 2.24) is 5.06 Å². The van der Waals surface area contributed by atoms with Gasteiger partial charge in [-0.2, -0.15) is 0 Å². The fourth-order valence-corrected chi connectivity index (χ4v) is 1.48. The molecule has 0 fully saturated rings. The monoisotopic (exact) mass is 192 g/mol. The Morgan fingerprint density at radius 2 is 2.29 bits per heavy atom. The lowest BCUT2D eigenvalue weighted by Crippen LogP contribution is -2.32. The smallest absolute Gasteiger partial charge is 0.243 e. The zero-order valence-electron chi connectivity index (χ0n) is 7.99. The van der Waals surface area contributed by atoms with E-state index in [0.29, 0.717) is 13.2 Å². The molecule has 0 bridgehead atoms. The van der Waals surface area contributed by atoms with Gasteiger partial charge in [0.2, 0.25) is 5.91 Å². The maximum absolute atomic E-state index is 11.1. The van der Waals surface area contributed by atoms with E-state index in [1.165, 1.54) is 12.0 Å². The third kappa shape index (κ3) is 1.56. The fourth-order valence-electron chi connectivity index (χ4n) is 1.48. The lowest BCUT2D eigenvalue weighted by Gasteiger charge is -2.27. The molecule has 0 radical (unpaired) electrons. The van der Waals surface area contributed by atoms with Crippen molar-refractivity contribution >= 4 is 11.6 Å². The summed E-state index contributed by atoms with van der Waals surface area (Å²) in [5.41, 5.74) is 8.52. The molecule has 74 valence electrons. The van der Waals surface area contributed by atoms with Crippen LogP contribution < -0.4 is 5.73 Å². The van der Waals surface area contributed by atoms with Crippen molar-refractivity contribution < 1.29 is 9.63 Å². The number of amides is 1. The Balaban J connectivity index is 2.27. The van der Waals surface area contributed by atoms with Crippen LogP contribution in [0.5, 0.6) is 0 Å². The van der Waals surface area contributed by atoms with Crippen molar-refractivity contribution in [1.29, 1.82) is 0 Å². The Morgan fingerprint density at radius 3 is 3.00 bits per heavy atom. The first kappa shape index (κ1) is 9.02. The van der Waals surface area contributed by atoms with Crippen LogP contribution in [-0.2, 0) is 22.8 Å². The summed E-state index contributed by atoms with van der Waals surface area (Å²) in [7, 11) is 0. The van der Waals surface area contributed by atoms with Crippen molar-refractivity contribution in [2.75, 3.05) is 5.73 Å². The highest BCUT2D eigenvalue weighted by Gasteiger charge is 2.18. The minimum Gasteiger partial charge on any atom is -0.399 e. The third-order valence-corrected chi connectivity index (χ3v) is 2.27. The van der Waals surface area contributed by atoms with E-state index in [9.17, 15) is 4.79 Å². The number of anilines is 1. The van der Waals surface area contributed by atoms with Crippen LogP contribution in [0.25, 0.3) is 0 Å². The lowest BCUT2D eigenvalue weighted by molar-refractivity contribution is -0.198. The van der Waals surface area contributed by atoms with Crippen LogP contribution in [0.3, 0.4) is 0 Å². The summed E-state index contributed by atoms with van der Waals surface area (Å²) in [5.74, 6) is -0.0764. The van der Waals surface area contributed by atoms with Crippen LogP contribution >= 0.6 is 0 Å². The van der Waals surface area contributed by atoms with Gasteiger partial charge < -0.3 is 5.73 Å². The van der Waals surface area contributed by atoms with Crippen LogP contribution in [0.15, 0.2) is 18.2 Å². The average Bonchev–Trinajstić information content (AvgIpc) is 2.16. The van der Waals surface area contributed by atoms with E-state index in [2.05, 4.69) is 0 Å². The van der Waals surface area contributed by atoms with E-state index in [4.69, 9.17) is 10.6 Å². The third-order valence-electron chi connectivity index (χ3n) is 2.27. The number of carbonyl (C=O) groups is 1. The van der Waals surface area contributed by atoms with Gasteiger partial charge in [0.05, 0.1) is 6.54 Å². The number of rotatable bonds is 0. The van der Waals surface area contributed by atoms with Crippen LogP contribution in [0.1, 0.15) is 18.1 Å². The standard InChI is InChI=1S/C10H12N2O2/c1-7(13)12-5-8-2-3-10(11)4-9(8)6-14-12/h2-4H,5-6,11H2,1H3. The van der Waals surface area contributed by atoms with Crippen LogP contribution in [0.4, 0.5) is 5.69 Å². The molecule has 0 atom stereocenters. The molecule has 2 rings (SSSR count). The van der Waals surface area contributed by atoms with Crippen molar-refractivity contribution in [2.24, 2.45) is 0 Å². The predicted octanol–water partition coefficient (Wildman–Crippen LogP) is 1.06. The maximum atomic E-state index is 11.1. The summed E-state index contributed by atoms with van der Waals surface area (Å²) in [6, 6.07) is 5.65. The Bertz CT molecular complexity index is 376. The molecular formula is C10H12N2O2. The summed E-state index contributed by atoms with van der Waals surface area (Å²) in [6.45, 7) is 2.41. The molecule has 1 aliphatic rings. The molecule has 1 aliphatic heterocycles. The Labute approximate surface area is 82.2 Å². The average molecular weight is 192 g/mol. The molecule has 4 heteroatoms. The molecule has 0 spiro atoms. The summed E-state index contributed by atoms with van der Waals surface area (Å²) in [4.78, 5) is 16.3. The Hall–Kier alpha value is -1.55. The van der Waals surface area contributed by atoms with Gasteiger partial charge >= 0.3 is 0 Å². The Kier molecular flexibility index (Phi) is 2.13. The molecule has 1 aromatic rings. The number of hydrogen-bond acceptors (Lipinski definition) is 3. The zero-order valence-corrected chi connectivity index (χ0v) is 7.99. The number of fused-ring (bicyclic) bond motifs is 1. The second-order valence-electron chi connectivity index (χ2n) is 3.36. The minimum absolute atomic E-state index is 0.0764. The second kappa shape index (κ2) is 3.31. The first-order chi connectivity index (χ1) is 6.66. The van der Waals surface area contributed by atoms with E-state index in [-0.39, 0.29) is 5.91 Å². The molecule has 0 saturated heterocycles. The normalized spacial score (nSPS) is 15.1. The fraction of sp³-hybridized carbons (Fsp3) is 0.300. The first-order valence-electron chi connectivity index (χ1n) is 4.45. The lowest BCUT2D eigenvalue weighted by atomic mass is 10.1.